The number of benzene rings is 2. The highest BCUT2D eigenvalue weighted by Gasteiger charge is 2.43. The van der Waals surface area contributed by atoms with Crippen molar-refractivity contribution in [3.05, 3.63) is 64.7 Å². The first kappa shape index (κ1) is 20.9. The molecule has 1 aromatic heterocycles. The Balaban J connectivity index is 1.46. The molecule has 2 aliphatic rings. The summed E-state index contributed by atoms with van der Waals surface area (Å²) in [4.78, 5) is 12.5. The highest BCUT2D eigenvalue weighted by Crippen LogP contribution is 2.42. The molecule has 0 amide bonds. The van der Waals surface area contributed by atoms with Crippen LogP contribution in [0.25, 0.3) is 5.69 Å². The Bertz CT molecular complexity index is 1330. The number of rotatable bonds is 4. The summed E-state index contributed by atoms with van der Waals surface area (Å²) in [6.07, 6.45) is -2.93. The lowest BCUT2D eigenvalue weighted by Crippen LogP contribution is -2.25. The Morgan fingerprint density at radius 1 is 1.18 bits per heavy atom. The van der Waals surface area contributed by atoms with Crippen LogP contribution in [-0.2, 0) is 6.42 Å². The Morgan fingerprint density at radius 2 is 1.97 bits per heavy atom. The molecule has 0 fully saturated rings. The number of halogens is 3. The van der Waals surface area contributed by atoms with E-state index >= 15 is 0 Å². The van der Waals surface area contributed by atoms with Gasteiger partial charge in [0, 0.05) is 18.1 Å². The van der Waals surface area contributed by atoms with Gasteiger partial charge in [-0.15, -0.1) is 8.78 Å². The van der Waals surface area contributed by atoms with Crippen molar-refractivity contribution >= 4 is 5.78 Å². The van der Waals surface area contributed by atoms with Crippen molar-refractivity contribution in [2.24, 2.45) is 0 Å². The van der Waals surface area contributed by atoms with Crippen LogP contribution in [0.4, 0.5) is 13.2 Å². The third kappa shape index (κ3) is 3.65. The molecule has 0 radical (unpaired) electrons. The number of carbonyl (C=O) groups is 1. The second-order valence-electron chi connectivity index (χ2n) is 7.72. The van der Waals surface area contributed by atoms with Crippen LogP contribution in [0.1, 0.15) is 53.2 Å². The van der Waals surface area contributed by atoms with Crippen molar-refractivity contribution in [1.82, 2.24) is 9.78 Å². The van der Waals surface area contributed by atoms with Crippen LogP contribution in [0.5, 0.6) is 17.2 Å². The summed E-state index contributed by atoms with van der Waals surface area (Å²) in [6.45, 7) is 1.62. The topological polar surface area (TPSA) is 86.4 Å². The number of ether oxygens (including phenoxy) is 3. The van der Waals surface area contributed by atoms with Crippen LogP contribution >= 0.6 is 0 Å². The molecule has 2 aromatic carbocycles. The molecule has 2 heterocycles. The van der Waals surface area contributed by atoms with E-state index in [4.69, 9.17) is 4.74 Å². The summed E-state index contributed by atoms with van der Waals surface area (Å²) in [5.41, 5.74) is 1.89. The molecule has 0 saturated heterocycles. The fourth-order valence-electron chi connectivity index (χ4n) is 3.99. The standard InChI is InChI=1S/C23H16F3N3O4/c1-12(13-5-8-19-21(9-13)33-23(25,26)32-19)31-20-10-14(6-7-16(20)24)29-22-15(17(11-27)28-29)3-2-4-18(22)30/h5-10,12H,2-4H2,1H3. The third-order valence-corrected chi connectivity index (χ3v) is 5.54. The monoisotopic (exact) mass is 455 g/mol. The predicted octanol–water partition coefficient (Wildman–Crippen LogP) is 4.86. The maximum absolute atomic E-state index is 14.6. The van der Waals surface area contributed by atoms with E-state index in [-0.39, 0.29) is 28.7 Å². The summed E-state index contributed by atoms with van der Waals surface area (Å²) in [5.74, 6) is -1.18. The molecule has 5 rings (SSSR count). The number of carbonyl (C=O) groups excluding carboxylic acids is 1. The summed E-state index contributed by atoms with van der Waals surface area (Å²) in [5, 5.41) is 13.6. The van der Waals surface area contributed by atoms with Crippen molar-refractivity contribution in [3.63, 3.8) is 0 Å². The van der Waals surface area contributed by atoms with Gasteiger partial charge in [-0.1, -0.05) is 6.07 Å². The Hall–Kier alpha value is -4.00. The molecular weight excluding hydrogens is 439 g/mol. The molecule has 0 bridgehead atoms. The molecule has 1 aliphatic carbocycles. The maximum atomic E-state index is 14.6. The van der Waals surface area contributed by atoms with Gasteiger partial charge in [0.1, 0.15) is 17.9 Å². The molecule has 1 unspecified atom stereocenters. The summed E-state index contributed by atoms with van der Waals surface area (Å²) in [7, 11) is 0. The van der Waals surface area contributed by atoms with Gasteiger partial charge in [-0.05, 0) is 49.6 Å². The van der Waals surface area contributed by atoms with E-state index < -0.39 is 18.2 Å². The van der Waals surface area contributed by atoms with E-state index in [1.165, 1.54) is 41.1 Å². The van der Waals surface area contributed by atoms with Crippen molar-refractivity contribution in [2.45, 2.75) is 38.6 Å². The zero-order valence-corrected chi connectivity index (χ0v) is 17.3. The normalized spacial score (nSPS) is 16.8. The second-order valence-corrected chi connectivity index (χ2v) is 7.72. The fourth-order valence-corrected chi connectivity index (χ4v) is 3.99. The van der Waals surface area contributed by atoms with Crippen LogP contribution in [0, 0.1) is 17.1 Å². The largest absolute Gasteiger partial charge is 0.586 e. The van der Waals surface area contributed by atoms with Crippen molar-refractivity contribution < 1.29 is 32.2 Å². The van der Waals surface area contributed by atoms with Crippen LogP contribution in [0.3, 0.4) is 0 Å². The predicted molar refractivity (Wildman–Crippen MR) is 107 cm³/mol. The molecule has 0 saturated carbocycles. The average molecular weight is 455 g/mol. The van der Waals surface area contributed by atoms with Crippen LogP contribution in [-0.4, -0.2) is 21.9 Å². The van der Waals surface area contributed by atoms with Crippen LogP contribution in [0.2, 0.25) is 0 Å². The van der Waals surface area contributed by atoms with Gasteiger partial charge >= 0.3 is 6.29 Å². The van der Waals surface area contributed by atoms with E-state index in [1.54, 1.807) is 6.92 Å². The summed E-state index contributed by atoms with van der Waals surface area (Å²) >= 11 is 0. The maximum Gasteiger partial charge on any atom is 0.586 e. The number of hydrogen-bond donors (Lipinski definition) is 0. The summed E-state index contributed by atoms with van der Waals surface area (Å²) in [6, 6.07) is 10.2. The number of ketones is 1. The lowest BCUT2D eigenvalue weighted by Gasteiger charge is -2.17. The molecule has 168 valence electrons. The fraction of sp³-hybridized carbons (Fsp3) is 0.261. The Labute approximate surface area is 185 Å². The van der Waals surface area contributed by atoms with Gasteiger partial charge < -0.3 is 14.2 Å². The van der Waals surface area contributed by atoms with Gasteiger partial charge in [-0.25, -0.2) is 9.07 Å². The molecular formula is C23H16F3N3O4. The van der Waals surface area contributed by atoms with E-state index in [0.29, 0.717) is 41.8 Å². The molecule has 3 aromatic rings. The van der Waals surface area contributed by atoms with Crippen LogP contribution in [0.15, 0.2) is 36.4 Å². The number of nitriles is 1. The number of alkyl halides is 2. The van der Waals surface area contributed by atoms with Gasteiger partial charge in [0.15, 0.2) is 34.5 Å². The van der Waals surface area contributed by atoms with Gasteiger partial charge in [0.25, 0.3) is 0 Å². The Morgan fingerprint density at radius 3 is 2.76 bits per heavy atom. The number of aromatic nitrogens is 2. The molecule has 1 atom stereocenters. The smallest absolute Gasteiger partial charge is 0.483 e. The zero-order chi connectivity index (χ0) is 23.3. The molecule has 10 heteroatoms. The quantitative estimate of drug-likeness (QED) is 0.558. The molecule has 0 spiro atoms. The second kappa shape index (κ2) is 7.55. The first-order chi connectivity index (χ1) is 15.8. The van der Waals surface area contributed by atoms with Crippen molar-refractivity contribution in [1.29, 1.82) is 5.26 Å². The van der Waals surface area contributed by atoms with Crippen molar-refractivity contribution in [2.75, 3.05) is 0 Å². The summed E-state index contributed by atoms with van der Waals surface area (Å²) < 4.78 is 57.0. The minimum absolute atomic E-state index is 0.106. The molecule has 1 aliphatic heterocycles. The van der Waals surface area contributed by atoms with E-state index in [0.717, 1.165) is 0 Å². The van der Waals surface area contributed by atoms with E-state index in [2.05, 4.69) is 14.6 Å². The van der Waals surface area contributed by atoms with Gasteiger partial charge in [-0.3, -0.25) is 4.79 Å². The van der Waals surface area contributed by atoms with Gasteiger partial charge in [-0.2, -0.15) is 10.4 Å². The molecule has 7 nitrogen and oxygen atoms in total. The highest BCUT2D eigenvalue weighted by molar-refractivity contribution is 5.98. The molecule has 0 N–H and O–H groups in total. The van der Waals surface area contributed by atoms with Crippen molar-refractivity contribution in [3.8, 4) is 29.0 Å². The lowest BCUT2D eigenvalue weighted by atomic mass is 9.95. The SMILES string of the molecule is CC(Oc1cc(-n2nc(C#N)c3c2C(=O)CCC3)ccc1F)c1ccc2c(c1)OC(F)(F)O2. The number of nitrogens with zero attached hydrogens (tertiary/aromatic N) is 3. The molecule has 33 heavy (non-hydrogen) atoms. The number of Topliss-reactive ketones (excluding diaryl/α,β-unsaturated/α-hetero) is 1. The third-order valence-electron chi connectivity index (χ3n) is 5.54. The Kier molecular flexibility index (Phi) is 4.78. The van der Waals surface area contributed by atoms with Gasteiger partial charge in [0.05, 0.1) is 5.69 Å². The lowest BCUT2D eigenvalue weighted by molar-refractivity contribution is -0.286. The number of fused-ring (bicyclic) bond motifs is 2. The minimum atomic E-state index is -3.74. The van der Waals surface area contributed by atoms with E-state index in [9.17, 15) is 23.2 Å². The highest BCUT2D eigenvalue weighted by atomic mass is 19.3. The van der Waals surface area contributed by atoms with Crippen LogP contribution < -0.4 is 14.2 Å². The zero-order valence-electron chi connectivity index (χ0n) is 17.3. The average Bonchev–Trinajstić information content (AvgIpc) is 3.31. The first-order valence-electron chi connectivity index (χ1n) is 10.2. The minimum Gasteiger partial charge on any atom is -0.483 e. The van der Waals surface area contributed by atoms with Gasteiger partial charge in [0.2, 0.25) is 0 Å². The first-order valence-corrected chi connectivity index (χ1v) is 10.2. The number of hydrogen-bond acceptors (Lipinski definition) is 6. The van der Waals surface area contributed by atoms with E-state index in [1.807, 2.05) is 6.07 Å².